The summed E-state index contributed by atoms with van der Waals surface area (Å²) in [4.78, 5) is 26.3. The van der Waals surface area contributed by atoms with Gasteiger partial charge in [0.1, 0.15) is 5.76 Å². The van der Waals surface area contributed by atoms with Crippen molar-refractivity contribution in [2.75, 3.05) is 26.7 Å². The fourth-order valence-corrected chi connectivity index (χ4v) is 2.00. The monoisotopic (exact) mass is 296 g/mol. The zero-order chi connectivity index (χ0) is 15.8. The molecule has 0 saturated carbocycles. The van der Waals surface area contributed by atoms with Crippen LogP contribution in [0.5, 0.6) is 0 Å². The zero-order valence-corrected chi connectivity index (χ0v) is 13.0. The lowest BCUT2D eigenvalue weighted by molar-refractivity contribution is -0.137. The molecular weight excluding hydrogens is 272 g/mol. The Balaban J connectivity index is 2.54. The summed E-state index contributed by atoms with van der Waals surface area (Å²) in [6.45, 7) is 7.09. The molecule has 0 aliphatic carbocycles. The Kier molecular flexibility index (Phi) is 6.94. The Hall–Kier alpha value is -1.82. The highest BCUT2D eigenvalue weighted by Crippen LogP contribution is 2.12. The van der Waals surface area contributed by atoms with E-state index in [1.54, 1.807) is 13.1 Å². The predicted molar refractivity (Wildman–Crippen MR) is 79.2 cm³/mol. The van der Waals surface area contributed by atoms with E-state index in [1.165, 1.54) is 4.90 Å². The van der Waals surface area contributed by atoms with E-state index in [1.807, 2.05) is 6.07 Å². The number of aliphatic carboxylic acids is 1. The molecule has 6 heteroatoms. The van der Waals surface area contributed by atoms with Gasteiger partial charge in [0.2, 0.25) is 0 Å². The maximum Gasteiger partial charge on any atom is 0.303 e. The SMILES string of the molecule is CCN(CC)Cc1ccc(C(=O)N(C)CCCC(=O)O)o1. The van der Waals surface area contributed by atoms with Gasteiger partial charge in [-0.25, -0.2) is 0 Å². The number of hydrogen-bond acceptors (Lipinski definition) is 4. The number of nitrogens with zero attached hydrogens (tertiary/aromatic N) is 2. The largest absolute Gasteiger partial charge is 0.481 e. The van der Waals surface area contributed by atoms with Crippen molar-refractivity contribution in [3.8, 4) is 0 Å². The van der Waals surface area contributed by atoms with Gasteiger partial charge in [-0.15, -0.1) is 0 Å². The molecule has 0 unspecified atom stereocenters. The molecule has 0 spiro atoms. The number of carboxylic acids is 1. The van der Waals surface area contributed by atoms with E-state index in [9.17, 15) is 9.59 Å². The minimum absolute atomic E-state index is 0.0585. The van der Waals surface area contributed by atoms with Gasteiger partial charge in [-0.3, -0.25) is 14.5 Å². The van der Waals surface area contributed by atoms with E-state index >= 15 is 0 Å². The first kappa shape index (κ1) is 17.2. The fraction of sp³-hybridized carbons (Fsp3) is 0.600. The molecule has 1 heterocycles. The summed E-state index contributed by atoms with van der Waals surface area (Å²) in [5.41, 5.74) is 0. The van der Waals surface area contributed by atoms with Crippen molar-refractivity contribution in [3.05, 3.63) is 23.7 Å². The summed E-state index contributed by atoms with van der Waals surface area (Å²) in [7, 11) is 1.65. The van der Waals surface area contributed by atoms with Crippen LogP contribution in [0.25, 0.3) is 0 Å². The minimum atomic E-state index is -0.852. The van der Waals surface area contributed by atoms with Crippen LogP contribution in [0.15, 0.2) is 16.5 Å². The predicted octanol–water partition coefficient (Wildman–Crippen LogP) is 2.06. The molecule has 21 heavy (non-hydrogen) atoms. The van der Waals surface area contributed by atoms with E-state index < -0.39 is 5.97 Å². The number of amides is 1. The second-order valence-electron chi connectivity index (χ2n) is 4.95. The van der Waals surface area contributed by atoms with Gasteiger partial charge < -0.3 is 14.4 Å². The van der Waals surface area contributed by atoms with Gasteiger partial charge in [-0.2, -0.15) is 0 Å². The van der Waals surface area contributed by atoms with Crippen molar-refractivity contribution in [1.82, 2.24) is 9.80 Å². The molecule has 1 aromatic heterocycles. The molecule has 1 rings (SSSR count). The maximum absolute atomic E-state index is 12.1. The summed E-state index contributed by atoms with van der Waals surface area (Å²) >= 11 is 0. The Morgan fingerprint density at radius 3 is 2.48 bits per heavy atom. The van der Waals surface area contributed by atoms with Crippen LogP contribution < -0.4 is 0 Å². The molecule has 1 amide bonds. The zero-order valence-electron chi connectivity index (χ0n) is 13.0. The van der Waals surface area contributed by atoms with Crippen molar-refractivity contribution in [2.45, 2.75) is 33.2 Å². The molecule has 0 aromatic carbocycles. The van der Waals surface area contributed by atoms with Crippen molar-refractivity contribution >= 4 is 11.9 Å². The van der Waals surface area contributed by atoms with E-state index in [0.29, 0.717) is 25.3 Å². The molecule has 0 aliphatic rings. The second kappa shape index (κ2) is 8.46. The lowest BCUT2D eigenvalue weighted by Crippen LogP contribution is -2.27. The second-order valence-corrected chi connectivity index (χ2v) is 4.95. The van der Waals surface area contributed by atoms with Crippen molar-refractivity contribution in [1.29, 1.82) is 0 Å². The average Bonchev–Trinajstić information content (AvgIpc) is 2.91. The van der Waals surface area contributed by atoms with Crippen LogP contribution in [-0.2, 0) is 11.3 Å². The van der Waals surface area contributed by atoms with E-state index in [2.05, 4.69) is 18.7 Å². The van der Waals surface area contributed by atoms with Crippen LogP contribution in [0, 0.1) is 0 Å². The Morgan fingerprint density at radius 1 is 1.24 bits per heavy atom. The lowest BCUT2D eigenvalue weighted by atomic mass is 10.3. The van der Waals surface area contributed by atoms with Gasteiger partial charge in [-0.05, 0) is 31.6 Å². The number of hydrogen-bond donors (Lipinski definition) is 1. The average molecular weight is 296 g/mol. The molecule has 1 aromatic rings. The first-order valence-electron chi connectivity index (χ1n) is 7.26. The highest BCUT2D eigenvalue weighted by Gasteiger charge is 2.16. The van der Waals surface area contributed by atoms with E-state index in [0.717, 1.165) is 18.8 Å². The summed E-state index contributed by atoms with van der Waals surface area (Å²) < 4.78 is 5.58. The van der Waals surface area contributed by atoms with Crippen LogP contribution in [0.1, 0.15) is 43.0 Å². The fourth-order valence-electron chi connectivity index (χ4n) is 2.00. The molecule has 6 nitrogen and oxygen atoms in total. The normalized spacial score (nSPS) is 10.9. The third-order valence-corrected chi connectivity index (χ3v) is 3.38. The topological polar surface area (TPSA) is 74.0 Å². The van der Waals surface area contributed by atoms with Gasteiger partial charge in [-0.1, -0.05) is 13.8 Å². The summed E-state index contributed by atoms with van der Waals surface area (Å²) in [5.74, 6) is -0.00231. The first-order valence-corrected chi connectivity index (χ1v) is 7.26. The van der Waals surface area contributed by atoms with Gasteiger partial charge in [0.05, 0.1) is 6.54 Å². The third kappa shape index (κ3) is 5.59. The molecule has 0 saturated heterocycles. The first-order chi connectivity index (χ1) is 9.97. The van der Waals surface area contributed by atoms with E-state index in [-0.39, 0.29) is 12.3 Å². The quantitative estimate of drug-likeness (QED) is 0.755. The number of carbonyl (C=O) groups excluding carboxylic acids is 1. The van der Waals surface area contributed by atoms with Gasteiger partial charge in [0.15, 0.2) is 5.76 Å². The van der Waals surface area contributed by atoms with Gasteiger partial charge in [0.25, 0.3) is 5.91 Å². The van der Waals surface area contributed by atoms with Gasteiger partial charge >= 0.3 is 5.97 Å². The van der Waals surface area contributed by atoms with Crippen LogP contribution >= 0.6 is 0 Å². The molecule has 0 aliphatic heterocycles. The highest BCUT2D eigenvalue weighted by atomic mass is 16.4. The number of carboxylic acid groups (broad SMARTS) is 1. The molecule has 118 valence electrons. The molecule has 0 fully saturated rings. The van der Waals surface area contributed by atoms with Crippen LogP contribution in [0.4, 0.5) is 0 Å². The summed E-state index contributed by atoms with van der Waals surface area (Å²) in [5, 5.41) is 8.59. The van der Waals surface area contributed by atoms with Crippen molar-refractivity contribution in [2.24, 2.45) is 0 Å². The summed E-state index contributed by atoms with van der Waals surface area (Å²) in [6.07, 6.45) is 0.494. The Morgan fingerprint density at radius 2 is 1.90 bits per heavy atom. The molecule has 1 N–H and O–H groups in total. The lowest BCUT2D eigenvalue weighted by Gasteiger charge is -2.16. The van der Waals surface area contributed by atoms with Crippen LogP contribution in [-0.4, -0.2) is 53.5 Å². The Labute approximate surface area is 125 Å². The molecular formula is C15H24N2O4. The molecule has 0 radical (unpaired) electrons. The highest BCUT2D eigenvalue weighted by molar-refractivity contribution is 5.91. The summed E-state index contributed by atoms with van der Waals surface area (Å²) in [6, 6.07) is 3.49. The number of carbonyl (C=O) groups is 2. The maximum atomic E-state index is 12.1. The number of rotatable bonds is 9. The Bertz CT molecular complexity index is 466. The molecule has 0 atom stereocenters. The smallest absolute Gasteiger partial charge is 0.303 e. The minimum Gasteiger partial charge on any atom is -0.481 e. The number of furan rings is 1. The van der Waals surface area contributed by atoms with E-state index in [4.69, 9.17) is 9.52 Å². The van der Waals surface area contributed by atoms with Crippen molar-refractivity contribution in [3.63, 3.8) is 0 Å². The van der Waals surface area contributed by atoms with Crippen molar-refractivity contribution < 1.29 is 19.1 Å². The van der Waals surface area contributed by atoms with Gasteiger partial charge in [0, 0.05) is 20.0 Å². The molecule has 0 bridgehead atoms. The standard InChI is InChI=1S/C15H24N2O4/c1-4-17(5-2)11-12-8-9-13(21-12)15(20)16(3)10-6-7-14(18)19/h8-9H,4-7,10-11H2,1-3H3,(H,18,19). The van der Waals surface area contributed by atoms with Crippen LogP contribution in [0.3, 0.4) is 0 Å². The van der Waals surface area contributed by atoms with Crippen LogP contribution in [0.2, 0.25) is 0 Å². The third-order valence-electron chi connectivity index (χ3n) is 3.38.